The van der Waals surface area contributed by atoms with Gasteiger partial charge in [0.05, 0.1) is 37.2 Å². The van der Waals surface area contributed by atoms with Gasteiger partial charge in [0, 0.05) is 5.69 Å². The Labute approximate surface area is 189 Å². The Kier molecular flexibility index (Phi) is 5.74. The van der Waals surface area contributed by atoms with Crippen molar-refractivity contribution in [2.75, 3.05) is 19.1 Å². The van der Waals surface area contributed by atoms with Crippen LogP contribution in [0, 0.1) is 6.92 Å². The number of Topliss-reactive ketones (excluding diaryl/α,β-unsaturated/α-hetero) is 1. The zero-order valence-corrected chi connectivity index (χ0v) is 18.2. The lowest BCUT2D eigenvalue weighted by Gasteiger charge is -2.24. The third kappa shape index (κ3) is 3.76. The van der Waals surface area contributed by atoms with Crippen LogP contribution in [0.3, 0.4) is 0 Å². The standard InChI is InChI=1S/C25H21NO7/c1-14-9-10-18(31-2)17(12-14)22(27)20-21(19-8-5-11-33-19)26(24(29)23(20)28)16-7-4-6-15(13-16)25(30)32-3/h4-13,21,27H,1-3H3/b22-20-. The van der Waals surface area contributed by atoms with Crippen LogP contribution in [0.2, 0.25) is 0 Å². The Morgan fingerprint density at radius 1 is 1.06 bits per heavy atom. The second-order valence-corrected chi connectivity index (χ2v) is 7.43. The van der Waals surface area contributed by atoms with E-state index in [1.165, 1.54) is 37.5 Å². The topological polar surface area (TPSA) is 106 Å². The number of ketones is 1. The Morgan fingerprint density at radius 2 is 1.85 bits per heavy atom. The third-order valence-corrected chi connectivity index (χ3v) is 5.41. The van der Waals surface area contributed by atoms with Crippen LogP contribution in [-0.2, 0) is 14.3 Å². The smallest absolute Gasteiger partial charge is 0.337 e. The summed E-state index contributed by atoms with van der Waals surface area (Å²) in [6, 6.07) is 13.4. The van der Waals surface area contributed by atoms with Crippen molar-refractivity contribution < 1.29 is 33.4 Å². The summed E-state index contributed by atoms with van der Waals surface area (Å²) in [4.78, 5) is 39.6. The van der Waals surface area contributed by atoms with Crippen molar-refractivity contribution in [1.29, 1.82) is 0 Å². The minimum absolute atomic E-state index is 0.151. The van der Waals surface area contributed by atoms with Crippen molar-refractivity contribution in [1.82, 2.24) is 0 Å². The van der Waals surface area contributed by atoms with Gasteiger partial charge in [-0.15, -0.1) is 0 Å². The van der Waals surface area contributed by atoms with Gasteiger partial charge < -0.3 is 19.0 Å². The van der Waals surface area contributed by atoms with Crippen LogP contribution in [0.1, 0.15) is 33.3 Å². The van der Waals surface area contributed by atoms with Gasteiger partial charge in [0.25, 0.3) is 11.7 Å². The minimum Gasteiger partial charge on any atom is -0.507 e. The fourth-order valence-electron chi connectivity index (χ4n) is 3.87. The highest BCUT2D eigenvalue weighted by molar-refractivity contribution is 6.51. The van der Waals surface area contributed by atoms with Gasteiger partial charge in [0.2, 0.25) is 0 Å². The fourth-order valence-corrected chi connectivity index (χ4v) is 3.87. The molecule has 3 aromatic rings. The fraction of sp³-hybridized carbons (Fsp3) is 0.160. The number of furan rings is 1. The van der Waals surface area contributed by atoms with Crippen molar-refractivity contribution >= 4 is 29.1 Å². The molecular formula is C25H21NO7. The lowest BCUT2D eigenvalue weighted by atomic mass is 9.97. The predicted molar refractivity (Wildman–Crippen MR) is 119 cm³/mol. The number of hydrogen-bond donors (Lipinski definition) is 1. The van der Waals surface area contributed by atoms with Gasteiger partial charge >= 0.3 is 5.97 Å². The summed E-state index contributed by atoms with van der Waals surface area (Å²) in [5.74, 6) is -2.12. The molecule has 1 fully saturated rings. The maximum Gasteiger partial charge on any atom is 0.337 e. The summed E-state index contributed by atoms with van der Waals surface area (Å²) in [5, 5.41) is 11.2. The quantitative estimate of drug-likeness (QED) is 0.273. The molecule has 168 valence electrons. The van der Waals surface area contributed by atoms with E-state index in [0.717, 1.165) is 5.56 Å². The van der Waals surface area contributed by atoms with Crippen LogP contribution < -0.4 is 9.64 Å². The van der Waals surface area contributed by atoms with E-state index in [9.17, 15) is 19.5 Å². The van der Waals surface area contributed by atoms with E-state index in [1.807, 2.05) is 6.92 Å². The van der Waals surface area contributed by atoms with Crippen LogP contribution in [0.15, 0.2) is 70.9 Å². The van der Waals surface area contributed by atoms with E-state index >= 15 is 0 Å². The zero-order valence-electron chi connectivity index (χ0n) is 18.2. The number of aliphatic hydroxyl groups excluding tert-OH is 1. The average molecular weight is 447 g/mol. The summed E-state index contributed by atoms with van der Waals surface area (Å²) in [7, 11) is 2.70. The molecule has 2 heterocycles. The Bertz CT molecular complexity index is 1270. The molecule has 1 amide bonds. The number of aryl methyl sites for hydroxylation is 1. The molecule has 2 aromatic carbocycles. The number of ether oxygens (including phenoxy) is 2. The third-order valence-electron chi connectivity index (χ3n) is 5.41. The molecule has 0 bridgehead atoms. The van der Waals surface area contributed by atoms with E-state index < -0.39 is 23.7 Å². The van der Waals surface area contributed by atoms with E-state index in [4.69, 9.17) is 13.9 Å². The summed E-state index contributed by atoms with van der Waals surface area (Å²) in [6.45, 7) is 1.83. The largest absolute Gasteiger partial charge is 0.507 e. The lowest BCUT2D eigenvalue weighted by molar-refractivity contribution is -0.132. The number of carbonyl (C=O) groups is 3. The van der Waals surface area contributed by atoms with Gasteiger partial charge in [-0.1, -0.05) is 17.7 Å². The van der Waals surface area contributed by atoms with Gasteiger partial charge in [0.15, 0.2) is 0 Å². The first kappa shape index (κ1) is 21.9. The maximum atomic E-state index is 13.2. The highest BCUT2D eigenvalue weighted by Crippen LogP contribution is 2.43. The molecule has 0 aliphatic carbocycles. The molecule has 1 aromatic heterocycles. The normalized spacial score (nSPS) is 17.3. The summed E-state index contributed by atoms with van der Waals surface area (Å²) in [6.07, 6.45) is 1.41. The molecule has 0 saturated carbocycles. The number of amides is 1. The van der Waals surface area contributed by atoms with E-state index in [2.05, 4.69) is 0 Å². The molecule has 1 aliphatic rings. The number of rotatable bonds is 5. The van der Waals surface area contributed by atoms with Gasteiger partial charge in [-0.05, 0) is 49.4 Å². The first-order chi connectivity index (χ1) is 15.9. The van der Waals surface area contributed by atoms with Crippen molar-refractivity contribution in [3.05, 3.63) is 88.9 Å². The van der Waals surface area contributed by atoms with Crippen LogP contribution in [0.4, 0.5) is 5.69 Å². The molecule has 1 aliphatic heterocycles. The predicted octanol–water partition coefficient (Wildman–Crippen LogP) is 4.01. The van der Waals surface area contributed by atoms with Crippen molar-refractivity contribution in [2.24, 2.45) is 0 Å². The second kappa shape index (κ2) is 8.66. The number of anilines is 1. The molecule has 33 heavy (non-hydrogen) atoms. The molecule has 1 saturated heterocycles. The number of nitrogens with zero attached hydrogens (tertiary/aromatic N) is 1. The zero-order chi connectivity index (χ0) is 23.7. The van der Waals surface area contributed by atoms with Crippen molar-refractivity contribution in [2.45, 2.75) is 13.0 Å². The Morgan fingerprint density at radius 3 is 2.52 bits per heavy atom. The van der Waals surface area contributed by atoms with Gasteiger partial charge in [-0.2, -0.15) is 0 Å². The van der Waals surface area contributed by atoms with Crippen molar-refractivity contribution in [3.8, 4) is 5.75 Å². The summed E-state index contributed by atoms with van der Waals surface area (Å²) < 4.78 is 15.7. The van der Waals surface area contributed by atoms with Crippen LogP contribution in [0.25, 0.3) is 5.76 Å². The molecule has 4 rings (SSSR count). The molecule has 8 heteroatoms. The molecule has 8 nitrogen and oxygen atoms in total. The maximum absolute atomic E-state index is 13.2. The van der Waals surface area contributed by atoms with Crippen LogP contribution >= 0.6 is 0 Å². The number of aliphatic hydroxyl groups is 1. The number of benzene rings is 2. The summed E-state index contributed by atoms with van der Waals surface area (Å²) in [5.41, 5.74) is 1.43. The van der Waals surface area contributed by atoms with Crippen molar-refractivity contribution in [3.63, 3.8) is 0 Å². The van der Waals surface area contributed by atoms with Crippen LogP contribution in [0.5, 0.6) is 5.75 Å². The first-order valence-corrected chi connectivity index (χ1v) is 10.0. The van der Waals surface area contributed by atoms with Gasteiger partial charge in [0.1, 0.15) is 23.3 Å². The molecule has 1 atom stereocenters. The monoisotopic (exact) mass is 447 g/mol. The summed E-state index contributed by atoms with van der Waals surface area (Å²) >= 11 is 0. The van der Waals surface area contributed by atoms with Gasteiger partial charge in [-0.25, -0.2) is 4.79 Å². The Hall–Kier alpha value is -4.33. The molecule has 0 spiro atoms. The molecule has 1 unspecified atom stereocenters. The van der Waals surface area contributed by atoms with Crippen LogP contribution in [-0.4, -0.2) is 37.0 Å². The SMILES string of the molecule is COC(=O)c1cccc(N2C(=O)C(=O)/C(=C(\O)c3cc(C)ccc3OC)C2c2ccco2)c1. The number of methoxy groups -OCH3 is 2. The number of hydrogen-bond acceptors (Lipinski definition) is 7. The minimum atomic E-state index is -1.06. The average Bonchev–Trinajstić information content (AvgIpc) is 3.45. The molecule has 0 radical (unpaired) electrons. The second-order valence-electron chi connectivity index (χ2n) is 7.43. The highest BCUT2D eigenvalue weighted by Gasteiger charge is 2.48. The molecule has 1 N–H and O–H groups in total. The number of carbonyl (C=O) groups excluding carboxylic acids is 3. The lowest BCUT2D eigenvalue weighted by Crippen LogP contribution is -2.29. The molecular weight excluding hydrogens is 426 g/mol. The Balaban J connectivity index is 1.94. The van der Waals surface area contributed by atoms with E-state index in [1.54, 1.807) is 42.5 Å². The first-order valence-electron chi connectivity index (χ1n) is 10.0. The number of esters is 1. The highest BCUT2D eigenvalue weighted by atomic mass is 16.5. The van der Waals surface area contributed by atoms with Gasteiger partial charge in [-0.3, -0.25) is 14.5 Å². The van der Waals surface area contributed by atoms with E-state index in [0.29, 0.717) is 5.75 Å². The van der Waals surface area contributed by atoms with E-state index in [-0.39, 0.29) is 33.9 Å².